The van der Waals surface area contributed by atoms with Crippen LogP contribution in [0.1, 0.15) is 12.0 Å². The first-order valence-electron chi connectivity index (χ1n) is 5.82. The van der Waals surface area contributed by atoms with E-state index >= 15 is 0 Å². The topological polar surface area (TPSA) is 76.1 Å². The van der Waals surface area contributed by atoms with Gasteiger partial charge in [-0.1, -0.05) is 6.07 Å². The lowest BCUT2D eigenvalue weighted by atomic mass is 10.1. The Bertz CT molecular complexity index is 514. The van der Waals surface area contributed by atoms with Gasteiger partial charge in [0, 0.05) is 7.11 Å². The number of aliphatic carboxylic acids is 1. The molecule has 1 heterocycles. The molecule has 0 aliphatic carbocycles. The van der Waals surface area contributed by atoms with Crippen LogP contribution in [0, 0.1) is 6.92 Å². The van der Waals surface area contributed by atoms with Gasteiger partial charge in [0.25, 0.3) is 5.91 Å². The summed E-state index contributed by atoms with van der Waals surface area (Å²) in [6, 6.07) is 5.38. The van der Waals surface area contributed by atoms with Gasteiger partial charge in [0.15, 0.2) is 6.10 Å². The fourth-order valence-electron chi connectivity index (χ4n) is 1.98. The summed E-state index contributed by atoms with van der Waals surface area (Å²) in [5, 5.41) is 8.81. The second-order valence-corrected chi connectivity index (χ2v) is 4.36. The van der Waals surface area contributed by atoms with Crippen LogP contribution in [0.15, 0.2) is 18.2 Å². The lowest BCUT2D eigenvalue weighted by molar-refractivity contribution is -0.143. The number of hydrogen-bond donors (Lipinski definition) is 1. The molecule has 0 bridgehead atoms. The van der Waals surface area contributed by atoms with E-state index in [-0.39, 0.29) is 13.2 Å². The number of anilines is 1. The normalized spacial score (nSPS) is 17.9. The first-order valence-corrected chi connectivity index (χ1v) is 5.82. The monoisotopic (exact) mass is 265 g/mol. The van der Waals surface area contributed by atoms with Crippen molar-refractivity contribution in [3.8, 4) is 5.75 Å². The van der Waals surface area contributed by atoms with Crippen molar-refractivity contribution in [1.82, 2.24) is 0 Å². The highest BCUT2D eigenvalue weighted by atomic mass is 16.5. The predicted molar refractivity (Wildman–Crippen MR) is 67.2 cm³/mol. The van der Waals surface area contributed by atoms with Crippen molar-refractivity contribution in [2.75, 3.05) is 18.7 Å². The van der Waals surface area contributed by atoms with E-state index < -0.39 is 18.0 Å². The predicted octanol–water partition coefficient (Wildman–Crippen LogP) is 1.17. The SMILES string of the molecule is COCN1C(=O)C(CC(=O)O)Oc2ccc(C)cc21. The number of amides is 1. The Kier molecular flexibility index (Phi) is 3.71. The molecule has 1 aliphatic heterocycles. The van der Waals surface area contributed by atoms with Gasteiger partial charge in [-0.05, 0) is 24.6 Å². The number of aryl methyl sites for hydroxylation is 1. The molecule has 1 aliphatic rings. The Morgan fingerprint density at radius 1 is 1.53 bits per heavy atom. The summed E-state index contributed by atoms with van der Waals surface area (Å²) in [7, 11) is 1.48. The largest absolute Gasteiger partial charge is 0.481 e. The fourth-order valence-corrected chi connectivity index (χ4v) is 1.98. The molecule has 1 N–H and O–H groups in total. The van der Waals surface area contributed by atoms with E-state index in [1.54, 1.807) is 6.07 Å². The van der Waals surface area contributed by atoms with Crippen molar-refractivity contribution >= 4 is 17.6 Å². The molecule has 1 aromatic rings. The summed E-state index contributed by atoms with van der Waals surface area (Å²) < 4.78 is 10.5. The van der Waals surface area contributed by atoms with E-state index in [9.17, 15) is 9.59 Å². The number of carboxylic acids is 1. The molecule has 102 valence electrons. The minimum absolute atomic E-state index is 0.0643. The van der Waals surface area contributed by atoms with Crippen molar-refractivity contribution in [1.29, 1.82) is 0 Å². The van der Waals surface area contributed by atoms with Gasteiger partial charge in [-0.2, -0.15) is 0 Å². The molecule has 0 radical (unpaired) electrons. The summed E-state index contributed by atoms with van der Waals surface area (Å²) in [5.41, 5.74) is 1.58. The zero-order valence-corrected chi connectivity index (χ0v) is 10.8. The average Bonchev–Trinajstić information content (AvgIpc) is 2.35. The number of carbonyl (C=O) groups is 2. The zero-order valence-electron chi connectivity index (χ0n) is 10.8. The maximum Gasteiger partial charge on any atom is 0.307 e. The van der Waals surface area contributed by atoms with Crippen LogP contribution >= 0.6 is 0 Å². The van der Waals surface area contributed by atoms with Gasteiger partial charge in [-0.25, -0.2) is 0 Å². The molecular formula is C13H15NO5. The lowest BCUT2D eigenvalue weighted by Crippen LogP contribution is -2.47. The smallest absolute Gasteiger partial charge is 0.307 e. The first-order chi connectivity index (χ1) is 9.02. The van der Waals surface area contributed by atoms with Crippen LogP contribution in [-0.4, -0.2) is 36.9 Å². The first kappa shape index (κ1) is 13.4. The van der Waals surface area contributed by atoms with Gasteiger partial charge in [-0.15, -0.1) is 0 Å². The molecule has 1 unspecified atom stereocenters. The Morgan fingerprint density at radius 3 is 2.89 bits per heavy atom. The number of rotatable bonds is 4. The van der Waals surface area contributed by atoms with Gasteiger partial charge in [0.1, 0.15) is 12.5 Å². The number of nitrogens with zero attached hydrogens (tertiary/aromatic N) is 1. The molecule has 0 saturated carbocycles. The molecule has 2 rings (SSSR count). The van der Waals surface area contributed by atoms with Crippen LogP contribution < -0.4 is 9.64 Å². The Hall–Kier alpha value is -2.08. The van der Waals surface area contributed by atoms with E-state index in [2.05, 4.69) is 0 Å². The van der Waals surface area contributed by atoms with E-state index in [0.717, 1.165) is 5.56 Å². The van der Waals surface area contributed by atoms with Gasteiger partial charge in [0.05, 0.1) is 12.1 Å². The summed E-state index contributed by atoms with van der Waals surface area (Å²) >= 11 is 0. The molecule has 0 spiro atoms. The second kappa shape index (κ2) is 5.27. The van der Waals surface area contributed by atoms with Gasteiger partial charge in [-0.3, -0.25) is 14.5 Å². The third-order valence-electron chi connectivity index (χ3n) is 2.83. The van der Waals surface area contributed by atoms with Gasteiger partial charge >= 0.3 is 5.97 Å². The number of methoxy groups -OCH3 is 1. The summed E-state index contributed by atoms with van der Waals surface area (Å²) in [6.45, 7) is 1.97. The average molecular weight is 265 g/mol. The number of carbonyl (C=O) groups excluding carboxylic acids is 1. The number of fused-ring (bicyclic) bond motifs is 1. The van der Waals surface area contributed by atoms with Crippen molar-refractivity contribution in [2.45, 2.75) is 19.4 Å². The highest BCUT2D eigenvalue weighted by molar-refractivity contribution is 6.01. The van der Waals surface area contributed by atoms with Crippen LogP contribution in [0.2, 0.25) is 0 Å². The van der Waals surface area contributed by atoms with Crippen LogP contribution in [-0.2, 0) is 14.3 Å². The molecule has 0 aromatic heterocycles. The van der Waals surface area contributed by atoms with Crippen molar-refractivity contribution in [3.63, 3.8) is 0 Å². The molecular weight excluding hydrogens is 250 g/mol. The summed E-state index contributed by atoms with van der Waals surface area (Å²) in [6.07, 6.45) is -1.38. The maximum absolute atomic E-state index is 12.2. The Labute approximate surface area is 110 Å². The molecule has 6 heteroatoms. The summed E-state index contributed by atoms with van der Waals surface area (Å²) in [4.78, 5) is 24.3. The van der Waals surface area contributed by atoms with E-state index in [0.29, 0.717) is 11.4 Å². The van der Waals surface area contributed by atoms with Crippen LogP contribution in [0.5, 0.6) is 5.75 Å². The molecule has 0 fully saturated rings. The lowest BCUT2D eigenvalue weighted by Gasteiger charge is -2.33. The molecule has 0 saturated heterocycles. The Morgan fingerprint density at radius 2 is 2.26 bits per heavy atom. The van der Waals surface area contributed by atoms with Gasteiger partial charge < -0.3 is 14.6 Å². The molecule has 1 amide bonds. The second-order valence-electron chi connectivity index (χ2n) is 4.36. The van der Waals surface area contributed by atoms with Gasteiger partial charge in [0.2, 0.25) is 0 Å². The highest BCUT2D eigenvalue weighted by Gasteiger charge is 2.35. The standard InChI is InChI=1S/C13H15NO5/c1-8-3-4-10-9(5-8)14(7-18-2)13(17)11(19-10)6-12(15)16/h3-5,11H,6-7H2,1-2H3,(H,15,16). The van der Waals surface area contributed by atoms with Crippen molar-refractivity contribution in [2.24, 2.45) is 0 Å². The molecule has 1 atom stereocenters. The van der Waals surface area contributed by atoms with Crippen LogP contribution in [0.3, 0.4) is 0 Å². The minimum atomic E-state index is -1.08. The number of carboxylic acid groups (broad SMARTS) is 1. The number of hydrogen-bond acceptors (Lipinski definition) is 4. The quantitative estimate of drug-likeness (QED) is 0.884. The fraction of sp³-hybridized carbons (Fsp3) is 0.385. The van der Waals surface area contributed by atoms with Crippen LogP contribution in [0.4, 0.5) is 5.69 Å². The van der Waals surface area contributed by atoms with E-state index in [1.165, 1.54) is 12.0 Å². The third kappa shape index (κ3) is 2.68. The van der Waals surface area contributed by atoms with Crippen molar-refractivity contribution < 1.29 is 24.2 Å². The number of benzene rings is 1. The van der Waals surface area contributed by atoms with Crippen molar-refractivity contribution in [3.05, 3.63) is 23.8 Å². The van der Waals surface area contributed by atoms with Crippen LogP contribution in [0.25, 0.3) is 0 Å². The summed E-state index contributed by atoms with van der Waals surface area (Å²) in [5.74, 6) is -0.984. The zero-order chi connectivity index (χ0) is 14.0. The molecule has 1 aromatic carbocycles. The minimum Gasteiger partial charge on any atom is -0.481 e. The van der Waals surface area contributed by atoms with E-state index in [4.69, 9.17) is 14.6 Å². The van der Waals surface area contributed by atoms with E-state index in [1.807, 2.05) is 19.1 Å². The maximum atomic E-state index is 12.2. The number of ether oxygens (including phenoxy) is 2. The Balaban J connectivity index is 2.38. The molecule has 6 nitrogen and oxygen atoms in total. The molecule has 19 heavy (non-hydrogen) atoms. The highest BCUT2D eigenvalue weighted by Crippen LogP contribution is 2.35. The third-order valence-corrected chi connectivity index (χ3v) is 2.83.